The second kappa shape index (κ2) is 7.29. The van der Waals surface area contributed by atoms with Crippen molar-refractivity contribution < 1.29 is 14.3 Å². The largest absolute Gasteiger partial charge is 0.492 e. The van der Waals surface area contributed by atoms with Crippen LogP contribution in [0.25, 0.3) is 6.08 Å². The molecule has 2 aromatic carbocycles. The third kappa shape index (κ3) is 3.55. The lowest BCUT2D eigenvalue weighted by molar-refractivity contribution is -0.117. The van der Waals surface area contributed by atoms with Crippen molar-refractivity contribution in [2.24, 2.45) is 0 Å². The van der Waals surface area contributed by atoms with Crippen LogP contribution in [0.1, 0.15) is 12.5 Å². The summed E-state index contributed by atoms with van der Waals surface area (Å²) < 4.78 is 6.26. The summed E-state index contributed by atoms with van der Waals surface area (Å²) in [5.41, 5.74) is 3.71. The number of hydrazine groups is 1. The molecule has 3 rings (SSSR count). The first kappa shape index (κ1) is 17.5. The van der Waals surface area contributed by atoms with Crippen LogP contribution in [0, 0.1) is 0 Å². The number of hydrogen-bond donors (Lipinski definition) is 1. The van der Waals surface area contributed by atoms with Gasteiger partial charge in [0, 0.05) is 10.6 Å². The molecule has 1 fully saturated rings. The first-order chi connectivity index (χ1) is 12.0. The highest BCUT2D eigenvalue weighted by molar-refractivity contribution is 9.10. The van der Waals surface area contributed by atoms with E-state index in [4.69, 9.17) is 16.3 Å². The number of anilines is 1. The van der Waals surface area contributed by atoms with Crippen LogP contribution in [0.3, 0.4) is 0 Å². The van der Waals surface area contributed by atoms with Gasteiger partial charge in [0.25, 0.3) is 11.8 Å². The molecule has 0 atom stereocenters. The summed E-state index contributed by atoms with van der Waals surface area (Å²) in [5, 5.41) is 1.68. The fourth-order valence-corrected chi connectivity index (χ4v) is 3.40. The Hall–Kier alpha value is -2.31. The lowest BCUT2D eigenvalue weighted by atomic mass is 10.1. The number of nitrogens with zero attached hydrogens (tertiary/aromatic N) is 1. The van der Waals surface area contributed by atoms with E-state index in [0.29, 0.717) is 33.1 Å². The molecule has 0 aromatic heterocycles. The number of carbonyl (C=O) groups excluding carboxylic acids is 2. The number of hydrogen-bond acceptors (Lipinski definition) is 3. The maximum absolute atomic E-state index is 12.6. The first-order valence-corrected chi connectivity index (χ1v) is 8.72. The van der Waals surface area contributed by atoms with Crippen molar-refractivity contribution >= 4 is 51.1 Å². The minimum atomic E-state index is -0.479. The van der Waals surface area contributed by atoms with Gasteiger partial charge in [0.2, 0.25) is 0 Å². The van der Waals surface area contributed by atoms with Crippen molar-refractivity contribution in [1.82, 2.24) is 5.43 Å². The van der Waals surface area contributed by atoms with Gasteiger partial charge in [-0.1, -0.05) is 29.8 Å². The molecule has 0 saturated carbocycles. The quantitative estimate of drug-likeness (QED) is 0.600. The Labute approximate surface area is 158 Å². The van der Waals surface area contributed by atoms with Crippen LogP contribution in [0.15, 0.2) is 52.5 Å². The maximum atomic E-state index is 12.6. The predicted octanol–water partition coefficient (Wildman–Crippen LogP) is 3.96. The second-order valence-corrected chi connectivity index (χ2v) is 6.50. The zero-order valence-corrected chi connectivity index (χ0v) is 15.6. The van der Waals surface area contributed by atoms with Crippen molar-refractivity contribution in [3.05, 3.63) is 63.1 Å². The van der Waals surface area contributed by atoms with E-state index in [0.717, 1.165) is 0 Å². The number of benzene rings is 2. The van der Waals surface area contributed by atoms with Crippen LogP contribution < -0.4 is 15.2 Å². The minimum absolute atomic E-state index is 0.0129. The Morgan fingerprint density at radius 2 is 1.96 bits per heavy atom. The third-order valence-electron chi connectivity index (χ3n) is 3.53. The molecule has 0 radical (unpaired) electrons. The molecule has 0 unspecified atom stereocenters. The fourth-order valence-electron chi connectivity index (χ4n) is 2.46. The molecule has 2 aromatic rings. The number of nitrogens with one attached hydrogen (secondary N) is 1. The zero-order chi connectivity index (χ0) is 18.0. The van der Waals surface area contributed by atoms with Gasteiger partial charge in [-0.3, -0.25) is 15.0 Å². The number of carbonyl (C=O) groups is 2. The molecule has 128 valence electrons. The van der Waals surface area contributed by atoms with E-state index in [1.165, 1.54) is 11.1 Å². The molecule has 0 spiro atoms. The standard InChI is InChI=1S/C18H14BrClN2O3/c1-2-25-16-11(8-12(20)10-15(16)19)9-14-17(23)21-22(18(14)24)13-6-4-3-5-7-13/h3-10H,2H2,1H3,(H,21,23). The topological polar surface area (TPSA) is 58.6 Å². The Morgan fingerprint density at radius 1 is 1.24 bits per heavy atom. The Kier molecular flexibility index (Phi) is 5.11. The Bertz CT molecular complexity index is 868. The van der Waals surface area contributed by atoms with Crippen LogP contribution in [0.5, 0.6) is 5.75 Å². The molecule has 1 N–H and O–H groups in total. The second-order valence-electron chi connectivity index (χ2n) is 5.21. The summed E-state index contributed by atoms with van der Waals surface area (Å²) in [4.78, 5) is 24.9. The SMILES string of the molecule is CCOc1c(Br)cc(Cl)cc1C=C1C(=O)NN(c2ccccc2)C1=O. The summed E-state index contributed by atoms with van der Waals surface area (Å²) in [6.07, 6.45) is 1.49. The Morgan fingerprint density at radius 3 is 2.64 bits per heavy atom. The lowest BCUT2D eigenvalue weighted by Crippen LogP contribution is -2.35. The molecule has 7 heteroatoms. The van der Waals surface area contributed by atoms with Crippen LogP contribution in [-0.2, 0) is 9.59 Å². The van der Waals surface area contributed by atoms with E-state index >= 15 is 0 Å². The van der Waals surface area contributed by atoms with Crippen molar-refractivity contribution in [3.63, 3.8) is 0 Å². The van der Waals surface area contributed by atoms with Gasteiger partial charge < -0.3 is 4.74 Å². The van der Waals surface area contributed by atoms with Gasteiger partial charge in [-0.15, -0.1) is 0 Å². The number of halogens is 2. The van der Waals surface area contributed by atoms with Crippen LogP contribution in [0.4, 0.5) is 5.69 Å². The molecule has 1 heterocycles. The van der Waals surface area contributed by atoms with E-state index in [1.54, 1.807) is 36.4 Å². The van der Waals surface area contributed by atoms with E-state index < -0.39 is 11.8 Å². The Balaban J connectivity index is 2.02. The summed E-state index contributed by atoms with van der Waals surface area (Å²) in [5.74, 6) is -0.389. The van der Waals surface area contributed by atoms with Crippen molar-refractivity contribution in [2.45, 2.75) is 6.92 Å². The van der Waals surface area contributed by atoms with Crippen molar-refractivity contribution in [3.8, 4) is 5.75 Å². The molecule has 1 aliphatic heterocycles. The number of rotatable bonds is 4. The molecular formula is C18H14BrClN2O3. The van der Waals surface area contributed by atoms with Gasteiger partial charge in [-0.2, -0.15) is 0 Å². The van der Waals surface area contributed by atoms with Gasteiger partial charge in [-0.25, -0.2) is 5.01 Å². The van der Waals surface area contributed by atoms with E-state index in [1.807, 2.05) is 13.0 Å². The van der Waals surface area contributed by atoms with Crippen LogP contribution in [0.2, 0.25) is 5.02 Å². The molecule has 1 aliphatic rings. The number of para-hydroxylation sites is 1. The smallest absolute Gasteiger partial charge is 0.282 e. The average molecular weight is 422 g/mol. The normalized spacial score (nSPS) is 15.6. The van der Waals surface area contributed by atoms with Crippen LogP contribution in [-0.4, -0.2) is 18.4 Å². The highest BCUT2D eigenvalue weighted by Gasteiger charge is 2.34. The maximum Gasteiger partial charge on any atom is 0.282 e. The highest BCUT2D eigenvalue weighted by atomic mass is 79.9. The van der Waals surface area contributed by atoms with E-state index in [-0.39, 0.29) is 5.57 Å². The molecule has 25 heavy (non-hydrogen) atoms. The first-order valence-electron chi connectivity index (χ1n) is 7.55. The lowest BCUT2D eigenvalue weighted by Gasteiger charge is -2.14. The summed E-state index contributed by atoms with van der Waals surface area (Å²) >= 11 is 9.49. The molecule has 1 saturated heterocycles. The van der Waals surface area contributed by atoms with Crippen molar-refractivity contribution in [2.75, 3.05) is 11.6 Å². The summed E-state index contributed by atoms with van der Waals surface area (Å²) in [6, 6.07) is 12.2. The molecule has 0 aliphatic carbocycles. The molecular weight excluding hydrogens is 408 g/mol. The molecule has 2 amide bonds. The van der Waals surface area contributed by atoms with E-state index in [2.05, 4.69) is 21.4 Å². The van der Waals surface area contributed by atoms with Crippen LogP contribution >= 0.6 is 27.5 Å². The average Bonchev–Trinajstić information content (AvgIpc) is 2.87. The zero-order valence-electron chi connectivity index (χ0n) is 13.3. The van der Waals surface area contributed by atoms with Gasteiger partial charge in [0.15, 0.2) is 0 Å². The third-order valence-corrected chi connectivity index (χ3v) is 4.34. The number of amides is 2. The fraction of sp³-hybridized carbons (Fsp3) is 0.111. The van der Waals surface area contributed by atoms with Crippen molar-refractivity contribution in [1.29, 1.82) is 0 Å². The van der Waals surface area contributed by atoms with Gasteiger partial charge in [0.1, 0.15) is 11.3 Å². The van der Waals surface area contributed by atoms with Gasteiger partial charge in [-0.05, 0) is 53.2 Å². The summed E-state index contributed by atoms with van der Waals surface area (Å²) in [7, 11) is 0. The molecule has 0 bridgehead atoms. The number of ether oxygens (including phenoxy) is 1. The highest BCUT2D eigenvalue weighted by Crippen LogP contribution is 2.35. The van der Waals surface area contributed by atoms with Gasteiger partial charge >= 0.3 is 0 Å². The molecule has 5 nitrogen and oxygen atoms in total. The van der Waals surface area contributed by atoms with E-state index in [9.17, 15) is 9.59 Å². The minimum Gasteiger partial charge on any atom is -0.492 e. The monoisotopic (exact) mass is 420 g/mol. The summed E-state index contributed by atoms with van der Waals surface area (Å²) in [6.45, 7) is 2.29. The predicted molar refractivity (Wildman–Crippen MR) is 100 cm³/mol. The van der Waals surface area contributed by atoms with Gasteiger partial charge in [0.05, 0.1) is 16.8 Å².